The lowest BCUT2D eigenvalue weighted by Crippen LogP contribution is -2.42. The molecule has 124 valence electrons. The average Bonchev–Trinajstić information content (AvgIpc) is 2.77. The number of carbonyl (C=O) groups excluding carboxylic acids is 1. The third-order valence-corrected chi connectivity index (χ3v) is 5.00. The Hall–Kier alpha value is -1.30. The van der Waals surface area contributed by atoms with Crippen molar-refractivity contribution in [2.24, 2.45) is 18.0 Å². The third-order valence-electron chi connectivity index (χ3n) is 3.81. The van der Waals surface area contributed by atoms with Gasteiger partial charge in [0.2, 0.25) is 0 Å². The van der Waals surface area contributed by atoms with Gasteiger partial charge in [-0.1, -0.05) is 0 Å². The first kappa shape index (κ1) is 17.1. The molecule has 2 rings (SSSR count). The highest BCUT2D eigenvalue weighted by atomic mass is 32.1. The van der Waals surface area contributed by atoms with Crippen LogP contribution in [0.5, 0.6) is 0 Å². The zero-order valence-electron chi connectivity index (χ0n) is 14.3. The molecule has 1 amide bonds. The Labute approximate surface area is 136 Å². The van der Waals surface area contributed by atoms with Gasteiger partial charge >= 0.3 is 6.09 Å². The summed E-state index contributed by atoms with van der Waals surface area (Å²) >= 11 is 1.76. The molecule has 6 heteroatoms. The van der Waals surface area contributed by atoms with Crippen LogP contribution in [0.2, 0.25) is 0 Å². The zero-order valence-corrected chi connectivity index (χ0v) is 15.1. The van der Waals surface area contributed by atoms with Gasteiger partial charge in [0.15, 0.2) is 4.80 Å². The van der Waals surface area contributed by atoms with Crippen LogP contribution < -0.4 is 4.80 Å². The molecule has 2 heterocycles. The van der Waals surface area contributed by atoms with E-state index < -0.39 is 5.60 Å². The molecule has 0 radical (unpaired) electrons. The van der Waals surface area contributed by atoms with E-state index in [0.717, 1.165) is 37.2 Å². The van der Waals surface area contributed by atoms with E-state index in [1.165, 1.54) is 4.88 Å². The highest BCUT2D eigenvalue weighted by Gasteiger charge is 2.27. The summed E-state index contributed by atoms with van der Waals surface area (Å²) in [6, 6.07) is 0. The van der Waals surface area contributed by atoms with Crippen molar-refractivity contribution >= 4 is 17.4 Å². The van der Waals surface area contributed by atoms with E-state index in [1.807, 2.05) is 39.8 Å². The molecular formula is C16H27N3O2S. The first-order chi connectivity index (χ1) is 10.3. The Kier molecular flexibility index (Phi) is 5.32. The number of aryl methyl sites for hydroxylation is 1. The van der Waals surface area contributed by atoms with E-state index in [4.69, 9.17) is 4.74 Å². The fourth-order valence-corrected chi connectivity index (χ4v) is 3.77. The lowest BCUT2D eigenvalue weighted by Gasteiger charge is -2.33. The summed E-state index contributed by atoms with van der Waals surface area (Å²) in [6.07, 6.45) is 5.16. The van der Waals surface area contributed by atoms with E-state index in [1.54, 1.807) is 11.3 Å². The van der Waals surface area contributed by atoms with Crippen LogP contribution in [0.3, 0.4) is 0 Å². The fraction of sp³-hybridized carbons (Fsp3) is 0.750. The predicted molar refractivity (Wildman–Crippen MR) is 89.0 cm³/mol. The van der Waals surface area contributed by atoms with Gasteiger partial charge in [-0.3, -0.25) is 4.99 Å². The van der Waals surface area contributed by atoms with Gasteiger partial charge in [0.1, 0.15) is 5.60 Å². The van der Waals surface area contributed by atoms with Crippen LogP contribution in [0.25, 0.3) is 0 Å². The van der Waals surface area contributed by atoms with Gasteiger partial charge in [-0.05, 0) is 46.0 Å². The molecule has 0 aliphatic carbocycles. The lowest BCUT2D eigenvalue weighted by molar-refractivity contribution is 0.0184. The summed E-state index contributed by atoms with van der Waals surface area (Å²) in [5.74, 6) is 0.641. The molecule has 0 N–H and O–H groups in total. The molecule has 1 fully saturated rings. The average molecular weight is 325 g/mol. The number of hydrogen-bond donors (Lipinski definition) is 0. The molecule has 0 saturated carbocycles. The lowest BCUT2D eigenvalue weighted by atomic mass is 9.93. The molecule has 0 aromatic carbocycles. The smallest absolute Gasteiger partial charge is 0.410 e. The fourth-order valence-electron chi connectivity index (χ4n) is 2.72. The topological polar surface area (TPSA) is 46.8 Å². The molecule has 1 aliphatic rings. The number of likely N-dealkylation sites (tertiary alicyclic amines) is 1. The van der Waals surface area contributed by atoms with Gasteiger partial charge in [-0.15, -0.1) is 11.3 Å². The Balaban J connectivity index is 1.85. The summed E-state index contributed by atoms with van der Waals surface area (Å²) in [5.41, 5.74) is -0.417. The van der Waals surface area contributed by atoms with E-state index in [0.29, 0.717) is 5.92 Å². The first-order valence-corrected chi connectivity index (χ1v) is 8.66. The number of thiazole rings is 1. The van der Waals surface area contributed by atoms with Gasteiger partial charge in [-0.2, -0.15) is 0 Å². The van der Waals surface area contributed by atoms with E-state index in [2.05, 4.69) is 15.8 Å². The molecule has 0 unspecified atom stereocenters. The number of hydrogen-bond acceptors (Lipinski definition) is 4. The maximum Gasteiger partial charge on any atom is 0.410 e. The van der Waals surface area contributed by atoms with Crippen molar-refractivity contribution in [1.29, 1.82) is 0 Å². The molecule has 1 aliphatic heterocycles. The maximum atomic E-state index is 12.1. The van der Waals surface area contributed by atoms with E-state index >= 15 is 0 Å². The van der Waals surface area contributed by atoms with Gasteiger partial charge < -0.3 is 14.2 Å². The van der Waals surface area contributed by atoms with E-state index in [9.17, 15) is 4.79 Å². The molecule has 0 bridgehead atoms. The highest BCUT2D eigenvalue weighted by molar-refractivity contribution is 7.09. The number of aromatic nitrogens is 1. The largest absolute Gasteiger partial charge is 0.444 e. The van der Waals surface area contributed by atoms with E-state index in [-0.39, 0.29) is 6.09 Å². The Morgan fingerprint density at radius 2 is 2.05 bits per heavy atom. The second kappa shape index (κ2) is 6.86. The van der Waals surface area contributed by atoms with Gasteiger partial charge in [-0.25, -0.2) is 4.79 Å². The van der Waals surface area contributed by atoms with Crippen LogP contribution in [0.4, 0.5) is 4.79 Å². The Morgan fingerprint density at radius 1 is 1.41 bits per heavy atom. The quantitative estimate of drug-likeness (QED) is 0.839. The van der Waals surface area contributed by atoms with Crippen molar-refractivity contribution in [1.82, 2.24) is 9.47 Å². The minimum Gasteiger partial charge on any atom is -0.444 e. The molecule has 1 aromatic rings. The molecule has 0 spiro atoms. The van der Waals surface area contributed by atoms with Crippen LogP contribution >= 0.6 is 11.3 Å². The maximum absolute atomic E-state index is 12.1. The second-order valence-corrected chi connectivity index (χ2v) is 8.02. The minimum absolute atomic E-state index is 0.180. The van der Waals surface area contributed by atoms with Crippen molar-refractivity contribution < 1.29 is 9.53 Å². The zero-order chi connectivity index (χ0) is 16.3. The summed E-state index contributed by atoms with van der Waals surface area (Å²) < 4.78 is 7.52. The minimum atomic E-state index is -0.417. The van der Waals surface area contributed by atoms with Crippen LogP contribution in [0.15, 0.2) is 11.2 Å². The van der Waals surface area contributed by atoms with Crippen molar-refractivity contribution in [2.75, 3.05) is 20.1 Å². The number of rotatable bonds is 2. The molecular weight excluding hydrogens is 298 g/mol. The van der Waals surface area contributed by atoms with Crippen LogP contribution in [0.1, 0.15) is 38.5 Å². The normalized spacial score (nSPS) is 17.9. The first-order valence-electron chi connectivity index (χ1n) is 7.84. The summed E-state index contributed by atoms with van der Waals surface area (Å²) in [6.45, 7) is 7.31. The van der Waals surface area contributed by atoms with Crippen LogP contribution in [0, 0.1) is 5.92 Å². The molecule has 5 nitrogen and oxygen atoms in total. The SMILES string of the molecule is CN=c1sc(CC2CCN(C(=O)OC(C)(C)C)CC2)cn1C. The number of ether oxygens (including phenoxy) is 1. The van der Waals surface area contributed by atoms with Crippen molar-refractivity contribution in [2.45, 2.75) is 45.6 Å². The summed E-state index contributed by atoms with van der Waals surface area (Å²) in [4.78, 5) is 20.6. The van der Waals surface area contributed by atoms with Crippen molar-refractivity contribution in [3.63, 3.8) is 0 Å². The number of piperidine rings is 1. The number of carbonyl (C=O) groups is 1. The second-order valence-electron chi connectivity index (χ2n) is 6.93. The summed E-state index contributed by atoms with van der Waals surface area (Å²) in [7, 11) is 3.86. The van der Waals surface area contributed by atoms with Gasteiger partial charge in [0.25, 0.3) is 0 Å². The molecule has 0 atom stereocenters. The standard InChI is InChI=1S/C16H27N3O2S/c1-16(2,3)21-15(20)19-8-6-12(7-9-19)10-13-11-18(5)14(17-4)22-13/h11-12H,6-10H2,1-5H3. The molecule has 1 aromatic heterocycles. The van der Waals surface area contributed by atoms with Gasteiger partial charge in [0.05, 0.1) is 0 Å². The third kappa shape index (κ3) is 4.60. The number of nitrogens with zero attached hydrogens (tertiary/aromatic N) is 3. The highest BCUT2D eigenvalue weighted by Crippen LogP contribution is 2.23. The van der Waals surface area contributed by atoms with Gasteiger partial charge in [0, 0.05) is 38.3 Å². The molecule has 22 heavy (non-hydrogen) atoms. The Morgan fingerprint density at radius 3 is 2.55 bits per heavy atom. The van der Waals surface area contributed by atoms with Crippen molar-refractivity contribution in [3.05, 3.63) is 15.9 Å². The van der Waals surface area contributed by atoms with Crippen LogP contribution in [-0.2, 0) is 18.2 Å². The van der Waals surface area contributed by atoms with Crippen LogP contribution in [-0.4, -0.2) is 41.3 Å². The summed E-state index contributed by atoms with van der Waals surface area (Å²) in [5, 5.41) is 0. The number of amides is 1. The molecule has 1 saturated heterocycles. The van der Waals surface area contributed by atoms with Crippen molar-refractivity contribution in [3.8, 4) is 0 Å². The predicted octanol–water partition coefficient (Wildman–Crippen LogP) is 2.81. The monoisotopic (exact) mass is 325 g/mol. The Bertz CT molecular complexity index is 575.